The number of phenols is 1. The second-order valence-electron chi connectivity index (χ2n) is 3.54. The molecule has 4 heteroatoms. The van der Waals surface area contributed by atoms with Gasteiger partial charge in [-0.2, -0.15) is 5.26 Å². The van der Waals surface area contributed by atoms with E-state index in [1.54, 1.807) is 18.2 Å². The largest absolute Gasteiger partial charge is 0.507 e. The van der Waals surface area contributed by atoms with Crippen molar-refractivity contribution >= 4 is 5.91 Å². The van der Waals surface area contributed by atoms with Crippen molar-refractivity contribution in [3.63, 3.8) is 0 Å². The number of benzene rings is 1. The minimum absolute atomic E-state index is 0.0159. The van der Waals surface area contributed by atoms with Crippen LogP contribution in [0, 0.1) is 18.3 Å². The number of nitrogens with one attached hydrogen (secondary N) is 1. The molecule has 0 saturated heterocycles. The second-order valence-corrected chi connectivity index (χ2v) is 3.54. The highest BCUT2D eigenvalue weighted by molar-refractivity contribution is 5.96. The zero-order valence-corrected chi connectivity index (χ0v) is 9.16. The summed E-state index contributed by atoms with van der Waals surface area (Å²) in [5.41, 5.74) is 1.17. The molecule has 1 rings (SSSR count). The van der Waals surface area contributed by atoms with Crippen LogP contribution in [0.25, 0.3) is 0 Å². The molecule has 1 aromatic rings. The second kappa shape index (κ2) is 5.76. The molecule has 0 saturated carbocycles. The van der Waals surface area contributed by atoms with Gasteiger partial charge in [-0.05, 0) is 31.0 Å². The Hall–Kier alpha value is -2.02. The van der Waals surface area contributed by atoms with Crippen molar-refractivity contribution in [2.75, 3.05) is 6.54 Å². The van der Waals surface area contributed by atoms with E-state index in [-0.39, 0.29) is 17.2 Å². The average molecular weight is 218 g/mol. The lowest BCUT2D eigenvalue weighted by Crippen LogP contribution is -2.24. The van der Waals surface area contributed by atoms with Crippen LogP contribution in [-0.2, 0) is 0 Å². The first-order chi connectivity index (χ1) is 7.65. The SMILES string of the molecule is Cc1ccc(C(=O)NCCCC#N)c(O)c1. The summed E-state index contributed by atoms with van der Waals surface area (Å²) in [6, 6.07) is 6.90. The van der Waals surface area contributed by atoms with E-state index in [9.17, 15) is 9.90 Å². The Morgan fingerprint density at radius 3 is 2.94 bits per heavy atom. The smallest absolute Gasteiger partial charge is 0.255 e. The van der Waals surface area contributed by atoms with Gasteiger partial charge < -0.3 is 10.4 Å². The van der Waals surface area contributed by atoms with Gasteiger partial charge in [0.25, 0.3) is 5.91 Å². The number of hydrogen-bond acceptors (Lipinski definition) is 3. The Kier molecular flexibility index (Phi) is 4.34. The van der Waals surface area contributed by atoms with E-state index in [0.717, 1.165) is 5.56 Å². The van der Waals surface area contributed by atoms with E-state index in [4.69, 9.17) is 5.26 Å². The maximum atomic E-state index is 11.6. The number of phenolic OH excluding ortho intramolecular Hbond substituents is 1. The van der Waals surface area contributed by atoms with E-state index in [2.05, 4.69) is 5.32 Å². The molecule has 1 aromatic carbocycles. The van der Waals surface area contributed by atoms with Crippen LogP contribution < -0.4 is 5.32 Å². The van der Waals surface area contributed by atoms with Gasteiger partial charge in [-0.1, -0.05) is 6.07 Å². The molecule has 0 aliphatic heterocycles. The molecule has 0 fully saturated rings. The number of aromatic hydroxyl groups is 1. The molecule has 84 valence electrons. The van der Waals surface area contributed by atoms with Crippen molar-refractivity contribution in [2.24, 2.45) is 0 Å². The van der Waals surface area contributed by atoms with Crippen LogP contribution in [0.4, 0.5) is 0 Å². The number of nitriles is 1. The molecule has 4 nitrogen and oxygen atoms in total. The van der Waals surface area contributed by atoms with Crippen molar-refractivity contribution in [1.29, 1.82) is 5.26 Å². The molecule has 0 atom stereocenters. The lowest BCUT2D eigenvalue weighted by molar-refractivity contribution is 0.0950. The summed E-state index contributed by atoms with van der Waals surface area (Å²) in [5.74, 6) is -0.326. The summed E-state index contributed by atoms with van der Waals surface area (Å²) in [5, 5.41) is 20.5. The number of nitrogens with zero attached hydrogens (tertiary/aromatic N) is 1. The Labute approximate surface area is 94.5 Å². The standard InChI is InChI=1S/C12H14N2O2/c1-9-4-5-10(11(15)8-9)12(16)14-7-3-2-6-13/h4-5,8,15H,2-3,7H2,1H3,(H,14,16). The molecule has 0 radical (unpaired) electrons. The quantitative estimate of drug-likeness (QED) is 0.756. The van der Waals surface area contributed by atoms with Gasteiger partial charge in [-0.15, -0.1) is 0 Å². The number of unbranched alkanes of at least 4 members (excludes halogenated alkanes) is 1. The van der Waals surface area contributed by atoms with Crippen LogP contribution in [-0.4, -0.2) is 17.6 Å². The molecular weight excluding hydrogens is 204 g/mol. The van der Waals surface area contributed by atoms with E-state index in [0.29, 0.717) is 19.4 Å². The van der Waals surface area contributed by atoms with Gasteiger partial charge >= 0.3 is 0 Å². The zero-order chi connectivity index (χ0) is 12.0. The molecule has 0 aliphatic carbocycles. The number of aryl methyl sites for hydroxylation is 1. The van der Waals surface area contributed by atoms with Crippen LogP contribution in [0.1, 0.15) is 28.8 Å². The van der Waals surface area contributed by atoms with Gasteiger partial charge in [0.15, 0.2) is 0 Å². The lowest BCUT2D eigenvalue weighted by atomic mass is 10.1. The normalized spacial score (nSPS) is 9.50. The number of rotatable bonds is 4. The Morgan fingerprint density at radius 1 is 1.56 bits per heavy atom. The third kappa shape index (κ3) is 3.28. The van der Waals surface area contributed by atoms with Gasteiger partial charge in [-0.25, -0.2) is 0 Å². The summed E-state index contributed by atoms with van der Waals surface area (Å²) >= 11 is 0. The van der Waals surface area contributed by atoms with Crippen molar-refractivity contribution in [2.45, 2.75) is 19.8 Å². The molecule has 0 aliphatic rings. The summed E-state index contributed by atoms with van der Waals surface area (Å²) in [7, 11) is 0. The maximum Gasteiger partial charge on any atom is 0.255 e. The molecule has 0 aromatic heterocycles. The van der Waals surface area contributed by atoms with Gasteiger partial charge in [0, 0.05) is 13.0 Å². The Bertz CT molecular complexity index is 422. The summed E-state index contributed by atoms with van der Waals surface area (Å²) in [6.07, 6.45) is 1.04. The fraction of sp³-hybridized carbons (Fsp3) is 0.333. The molecule has 1 amide bonds. The Morgan fingerprint density at radius 2 is 2.31 bits per heavy atom. The molecule has 0 spiro atoms. The van der Waals surface area contributed by atoms with Crippen LogP contribution in [0.2, 0.25) is 0 Å². The van der Waals surface area contributed by atoms with Crippen molar-refractivity contribution in [1.82, 2.24) is 5.32 Å². The van der Waals surface area contributed by atoms with Crippen LogP contribution in [0.15, 0.2) is 18.2 Å². The first kappa shape index (κ1) is 12.1. The van der Waals surface area contributed by atoms with Gasteiger partial charge in [0.1, 0.15) is 5.75 Å². The van der Waals surface area contributed by atoms with Crippen molar-refractivity contribution in [3.8, 4) is 11.8 Å². The molecule has 0 heterocycles. The van der Waals surface area contributed by atoms with Crippen LogP contribution >= 0.6 is 0 Å². The highest BCUT2D eigenvalue weighted by Gasteiger charge is 2.09. The first-order valence-corrected chi connectivity index (χ1v) is 5.10. The number of carbonyl (C=O) groups is 1. The molecule has 0 bridgehead atoms. The van der Waals surface area contributed by atoms with E-state index in [1.165, 1.54) is 0 Å². The average Bonchev–Trinajstić information content (AvgIpc) is 2.24. The molecule has 0 unspecified atom stereocenters. The fourth-order valence-corrected chi connectivity index (χ4v) is 1.30. The fourth-order valence-electron chi connectivity index (χ4n) is 1.30. The number of amides is 1. The van der Waals surface area contributed by atoms with Crippen LogP contribution in [0.5, 0.6) is 5.75 Å². The summed E-state index contributed by atoms with van der Waals surface area (Å²) < 4.78 is 0. The topological polar surface area (TPSA) is 73.1 Å². The van der Waals surface area contributed by atoms with Crippen LogP contribution in [0.3, 0.4) is 0 Å². The minimum atomic E-state index is -0.310. The third-order valence-electron chi connectivity index (χ3n) is 2.15. The highest BCUT2D eigenvalue weighted by Crippen LogP contribution is 2.17. The van der Waals surface area contributed by atoms with E-state index in [1.807, 2.05) is 13.0 Å². The minimum Gasteiger partial charge on any atom is -0.507 e. The predicted molar refractivity (Wildman–Crippen MR) is 60.0 cm³/mol. The lowest BCUT2D eigenvalue weighted by Gasteiger charge is -2.06. The van der Waals surface area contributed by atoms with Gasteiger partial charge in [0.2, 0.25) is 0 Å². The number of hydrogen-bond donors (Lipinski definition) is 2. The zero-order valence-electron chi connectivity index (χ0n) is 9.16. The van der Waals surface area contributed by atoms with Gasteiger partial charge in [0.05, 0.1) is 11.6 Å². The van der Waals surface area contributed by atoms with E-state index < -0.39 is 0 Å². The van der Waals surface area contributed by atoms with E-state index >= 15 is 0 Å². The highest BCUT2D eigenvalue weighted by atomic mass is 16.3. The first-order valence-electron chi connectivity index (χ1n) is 5.10. The molecule has 16 heavy (non-hydrogen) atoms. The summed E-state index contributed by atoms with van der Waals surface area (Å²) in [6.45, 7) is 2.29. The maximum absolute atomic E-state index is 11.6. The van der Waals surface area contributed by atoms with Crippen molar-refractivity contribution < 1.29 is 9.90 Å². The predicted octanol–water partition coefficient (Wildman–Crippen LogP) is 1.73. The van der Waals surface area contributed by atoms with Gasteiger partial charge in [-0.3, -0.25) is 4.79 Å². The molecule has 2 N–H and O–H groups in total. The Balaban J connectivity index is 2.57. The van der Waals surface area contributed by atoms with Crippen molar-refractivity contribution in [3.05, 3.63) is 29.3 Å². The summed E-state index contributed by atoms with van der Waals surface area (Å²) in [4.78, 5) is 11.6. The molecular formula is C12H14N2O2. The monoisotopic (exact) mass is 218 g/mol. The number of carbonyl (C=O) groups excluding carboxylic acids is 1. The third-order valence-corrected chi connectivity index (χ3v) is 2.15.